The first kappa shape index (κ1) is 134. The van der Waals surface area contributed by atoms with Crippen molar-refractivity contribution >= 4 is 67.5 Å². The Morgan fingerprint density at radius 3 is 0.695 bits per heavy atom. The molecule has 0 heterocycles. The van der Waals surface area contributed by atoms with Crippen LogP contribution in [0.5, 0.6) is 0 Å². The summed E-state index contributed by atoms with van der Waals surface area (Å²) in [5.74, 6) is -9.64. The maximum Gasteiger partial charge on any atom is 0.431 e. The molecule has 0 radical (unpaired) electrons. The van der Waals surface area contributed by atoms with Crippen LogP contribution in [0.4, 0.5) is 176 Å². The molecule has 0 fully saturated rings. The lowest BCUT2D eigenvalue weighted by molar-refractivity contribution is -0.347. The molecular weight excluding hydrogens is 2030 g/mol. The number of alkyl halides is 41. The van der Waals surface area contributed by atoms with E-state index in [1.807, 2.05) is 4.90 Å². The van der Waals surface area contributed by atoms with Gasteiger partial charge in [0.15, 0.2) is 0 Å². The largest absolute Gasteiger partial charge is 0.431 e. The summed E-state index contributed by atoms with van der Waals surface area (Å²) in [4.78, 5) is 1.82. The van der Waals surface area contributed by atoms with E-state index < -0.39 is 284 Å². The number of rotatable bonds is 49. The summed E-state index contributed by atoms with van der Waals surface area (Å²) in [5, 5.41) is 20.1. The van der Waals surface area contributed by atoms with Crippen molar-refractivity contribution in [2.45, 2.75) is 329 Å². The topological polar surface area (TPSA) is 177 Å². The first-order valence-corrected chi connectivity index (χ1v) is 45.9. The summed E-state index contributed by atoms with van der Waals surface area (Å²) in [7, 11) is -1.94. The number of thioether (sulfide) groups is 1. The van der Waals surface area contributed by atoms with Crippen LogP contribution in [0.1, 0.15) is 210 Å². The molecule has 0 bridgehead atoms. The van der Waals surface area contributed by atoms with Gasteiger partial charge in [-0.1, -0.05) is 15.9 Å². The molecule has 5 atom stereocenters. The van der Waals surface area contributed by atoms with Crippen molar-refractivity contribution in [2.24, 2.45) is 29.6 Å². The number of thiocyanates is 1. The normalized spacial score (nSPS) is 15.8. The smallest absolute Gasteiger partial charge is 0.314 e. The van der Waals surface area contributed by atoms with Gasteiger partial charge in [-0.15, -0.1) is 0 Å². The molecule has 0 rings (SSSR count). The van der Waals surface area contributed by atoms with Gasteiger partial charge in [0.25, 0.3) is 28.3 Å². The van der Waals surface area contributed by atoms with Gasteiger partial charge in [-0.3, -0.25) is 0 Å². The highest BCUT2D eigenvalue weighted by molar-refractivity contribution is 9.09. The van der Waals surface area contributed by atoms with Crippen LogP contribution >= 0.6 is 38.4 Å². The Labute approximate surface area is 734 Å². The number of hydroxylamine groups is 2. The third-order valence-electron chi connectivity index (χ3n) is 18.0. The van der Waals surface area contributed by atoms with Crippen molar-refractivity contribution in [3.8, 4) is 5.40 Å². The monoisotopic (exact) mass is 2130 g/mol. The maximum absolute atomic E-state index is 14.1. The molecule has 0 aromatic carbocycles. The average Bonchev–Trinajstić information content (AvgIpc) is 0.789. The zero-order valence-electron chi connectivity index (χ0n) is 71.1. The lowest BCUT2D eigenvalue weighted by Gasteiger charge is -2.34. The molecular formula is C70H109BrClF40N5O7S4. The highest BCUT2D eigenvalue weighted by atomic mass is 79.9. The van der Waals surface area contributed by atoms with Crippen molar-refractivity contribution in [1.29, 1.82) is 5.26 Å². The van der Waals surface area contributed by atoms with Gasteiger partial charge < -0.3 is 10.1 Å². The first-order valence-electron chi connectivity index (χ1n) is 38.0. The summed E-state index contributed by atoms with van der Waals surface area (Å²) in [6, 6.07) is 0. The van der Waals surface area contributed by atoms with Crippen LogP contribution in [0, 0.1) is 40.3 Å². The predicted octanol–water partition coefficient (Wildman–Crippen LogP) is 26.4. The van der Waals surface area contributed by atoms with Crippen molar-refractivity contribution in [3.05, 3.63) is 0 Å². The number of nitrogens with zero attached hydrogens (tertiary/aromatic N) is 3. The van der Waals surface area contributed by atoms with Gasteiger partial charge in [0.2, 0.25) is 29.1 Å². The van der Waals surface area contributed by atoms with Gasteiger partial charge >= 0.3 is 61.8 Å². The maximum atomic E-state index is 14.1. The minimum absolute atomic E-state index is 0.0517. The molecule has 5 unspecified atom stereocenters. The van der Waals surface area contributed by atoms with Gasteiger partial charge in [0.1, 0.15) is 33.7 Å². The molecule has 0 saturated heterocycles. The van der Waals surface area contributed by atoms with E-state index in [1.54, 1.807) is 19.5 Å². The molecule has 0 aliphatic carbocycles. The lowest BCUT2D eigenvalue weighted by Crippen LogP contribution is -2.54. The number of nitrogens with one attached hydrogen (secondary N) is 2. The molecule has 3 N–H and O–H groups in total. The summed E-state index contributed by atoms with van der Waals surface area (Å²) in [6.07, 6.45) is -77.4. The van der Waals surface area contributed by atoms with Crippen LogP contribution in [0.25, 0.3) is 0 Å². The van der Waals surface area contributed by atoms with Crippen LogP contribution in [-0.4, -0.2) is 235 Å². The van der Waals surface area contributed by atoms with Crippen LogP contribution in [0.15, 0.2) is 0 Å². The molecule has 0 saturated carbocycles. The second-order valence-electron chi connectivity index (χ2n) is 33.8. The molecule has 0 aliphatic rings. The molecule has 0 spiro atoms. The van der Waals surface area contributed by atoms with Gasteiger partial charge in [-0.05, 0) is 240 Å². The molecule has 774 valence electrons. The Morgan fingerprint density at radius 1 is 0.328 bits per heavy atom. The average molecular weight is 2140 g/mol. The Hall–Kier alpha value is -2.54. The standard InChI is InChI=1S/C17H30F8N2O2S.C16H28F8N2O3S.C13H17F8NS.C12H17BrF8.C12H17ClF8O2S/c1-14(2,18)11-13(12-15(19,16(20,21)22)17(23,24)25)7-5-10-30(28,29)26-8-6-9-27(3)4;1-13(2,17)10-12(11-14(18,15(19,20)21)16(22,23)24)6-4-9-30(28,29)25-7-5-8-26(3)27;1-10(2,14)6-9(4-3-5-23-8-22)7-11(15,12(16,17)18)13(19,20)21;1-9(2,14)6-8(4-3-5-13)7-10(15,11(16,17)18)12(19,20)21;1-9(2,14)6-8(4-3-5-24(13,22)23)7-10(15,11(16,17)18)12(19,20)21/h13,26H,5-12H2,1-4H3;12,25,27H,4-11H2,1-3H3;9H,3-7H2,1-2H3;8H,3-7H2,1-2H3;8H,3-7H2,1-2H3. The molecule has 12 nitrogen and oxygen atoms in total. The van der Waals surface area contributed by atoms with Gasteiger partial charge in [0, 0.05) is 80.6 Å². The molecule has 128 heavy (non-hydrogen) atoms. The summed E-state index contributed by atoms with van der Waals surface area (Å²) < 4.78 is 592. The highest BCUT2D eigenvalue weighted by Crippen LogP contribution is 2.57. The molecule has 58 heteroatoms. The lowest BCUT2D eigenvalue weighted by atomic mass is 9.82. The van der Waals surface area contributed by atoms with E-state index in [1.165, 1.54) is 7.05 Å². The third kappa shape index (κ3) is 54.4. The fraction of sp³-hybridized carbons (Fsp3) is 0.986. The van der Waals surface area contributed by atoms with E-state index in [2.05, 4.69) is 25.4 Å². The SMILES string of the molecule is CC(C)(F)CC(CCCBr)CC(F)(C(F)(F)F)C(F)(F)F.CC(C)(F)CC(CCCS(=O)(=O)Cl)CC(F)(C(F)(F)F)C(F)(F)F.CC(C)(F)CC(CCCSC#N)CC(F)(C(F)(F)F)C(F)(F)F.CN(C)CCCNS(=O)(=O)CCCC(CC(C)(C)F)CC(F)(C(F)(F)F)C(F)(F)F.CN(O)CCCNS(=O)(=O)CCCC(CC(C)(C)F)CC(F)(C(F)(F)F)C(F)(F)F. The first-order chi connectivity index (χ1) is 56.0. The Morgan fingerprint density at radius 2 is 0.523 bits per heavy atom. The number of sulfonamides is 2. The van der Waals surface area contributed by atoms with E-state index in [0.717, 1.165) is 86.1 Å². The molecule has 0 amide bonds. The second kappa shape index (κ2) is 51.8. The summed E-state index contributed by atoms with van der Waals surface area (Å²) in [5.41, 5.74) is -37.7. The Kier molecular flexibility index (Phi) is 54.1. The number of hydrogen-bond acceptors (Lipinski definition) is 11. The molecule has 0 aliphatic heterocycles. The Bertz CT molecular complexity index is 3330. The van der Waals surface area contributed by atoms with Crippen molar-refractivity contribution < 1.29 is 206 Å². The van der Waals surface area contributed by atoms with E-state index in [9.17, 15) is 201 Å². The third-order valence-corrected chi connectivity index (χ3v) is 23.4. The minimum Gasteiger partial charge on any atom is -0.314 e. The van der Waals surface area contributed by atoms with Crippen LogP contribution in [0.3, 0.4) is 0 Å². The highest BCUT2D eigenvalue weighted by Gasteiger charge is 2.77. The summed E-state index contributed by atoms with van der Waals surface area (Å²) in [6.45, 7) is 10.5. The van der Waals surface area contributed by atoms with E-state index >= 15 is 0 Å². The second-order valence-corrected chi connectivity index (χ2v) is 42.3. The predicted molar refractivity (Wildman–Crippen MR) is 403 cm³/mol. The fourth-order valence-corrected chi connectivity index (χ4v) is 16.4. The van der Waals surface area contributed by atoms with Gasteiger partial charge in [0.05, 0.1) is 17.3 Å². The van der Waals surface area contributed by atoms with Crippen LogP contribution in [0.2, 0.25) is 0 Å². The van der Waals surface area contributed by atoms with Crippen molar-refractivity contribution in [2.75, 3.05) is 75.7 Å². The summed E-state index contributed by atoms with van der Waals surface area (Å²) >= 11 is 3.75. The van der Waals surface area contributed by atoms with Crippen LogP contribution in [-0.2, 0) is 29.1 Å². The van der Waals surface area contributed by atoms with E-state index in [0.29, 0.717) is 18.3 Å². The quantitative estimate of drug-likeness (QED) is 0.0132. The number of nitriles is 1. The Balaban J connectivity index is -0.000000496. The fourth-order valence-electron chi connectivity index (χ4n) is 12.6. The number of hydrogen-bond donors (Lipinski definition) is 3. The molecule has 0 aromatic rings. The van der Waals surface area contributed by atoms with E-state index in [4.69, 9.17) is 21.2 Å². The molecule has 0 aromatic heterocycles. The van der Waals surface area contributed by atoms with Crippen molar-refractivity contribution in [1.82, 2.24) is 19.4 Å². The van der Waals surface area contributed by atoms with E-state index in [-0.39, 0.29) is 70.3 Å². The van der Waals surface area contributed by atoms with Gasteiger partial charge in [-0.25, -0.2) is 78.6 Å². The van der Waals surface area contributed by atoms with Gasteiger partial charge in [-0.2, -0.15) is 142 Å². The van der Waals surface area contributed by atoms with Crippen molar-refractivity contribution in [3.63, 3.8) is 0 Å². The zero-order chi connectivity index (χ0) is 103. The minimum atomic E-state index is -6.25. The zero-order valence-corrected chi connectivity index (χ0v) is 76.7. The number of halogens is 42. The van der Waals surface area contributed by atoms with Crippen LogP contribution < -0.4 is 9.44 Å².